The van der Waals surface area contributed by atoms with Crippen LogP contribution in [-0.4, -0.2) is 24.2 Å². The molecule has 1 aromatic carbocycles. The van der Waals surface area contributed by atoms with Crippen molar-refractivity contribution >= 4 is 17.3 Å². The summed E-state index contributed by atoms with van der Waals surface area (Å²) in [6.07, 6.45) is 1.15. The van der Waals surface area contributed by atoms with E-state index in [-0.39, 0.29) is 0 Å². The topological polar surface area (TPSA) is 66.6 Å². The maximum atomic E-state index is 11.1. The Bertz CT molecular complexity index is 411. The number of nitrogen functional groups attached to an aromatic ring is 1. The Morgan fingerprint density at radius 3 is 2.81 bits per heavy atom. The molecule has 2 rings (SSSR count). The van der Waals surface area contributed by atoms with Gasteiger partial charge < -0.3 is 15.7 Å². The molecule has 0 unspecified atom stereocenters. The minimum atomic E-state index is -0.915. The van der Waals surface area contributed by atoms with Gasteiger partial charge in [0.1, 0.15) is 0 Å². The third-order valence-electron chi connectivity index (χ3n) is 3.13. The molecular formula is C12H16N2O2. The Morgan fingerprint density at radius 2 is 2.25 bits per heavy atom. The quantitative estimate of drug-likeness (QED) is 0.762. The summed E-state index contributed by atoms with van der Waals surface area (Å²) < 4.78 is 0. The Labute approximate surface area is 94.7 Å². The molecule has 1 saturated heterocycles. The maximum absolute atomic E-state index is 11.1. The molecule has 4 nitrogen and oxygen atoms in total. The monoisotopic (exact) mass is 220 g/mol. The molecule has 86 valence electrons. The first-order chi connectivity index (χ1) is 7.61. The standard InChI is InChI=1S/C12H16N2O2/c1-2-8-6-14(7-8)11-4-3-9(13)5-10(11)12(15)16/h3-5,8H,2,6-7,13H2,1H3,(H,15,16). The van der Waals surface area contributed by atoms with Gasteiger partial charge in [-0.3, -0.25) is 0 Å². The number of carboxylic acid groups (broad SMARTS) is 1. The van der Waals surface area contributed by atoms with E-state index in [1.54, 1.807) is 12.1 Å². The Morgan fingerprint density at radius 1 is 1.56 bits per heavy atom. The lowest BCUT2D eigenvalue weighted by Crippen LogP contribution is -2.47. The van der Waals surface area contributed by atoms with E-state index < -0.39 is 5.97 Å². The number of hydrogen-bond acceptors (Lipinski definition) is 3. The first kappa shape index (κ1) is 10.8. The predicted molar refractivity (Wildman–Crippen MR) is 63.8 cm³/mol. The van der Waals surface area contributed by atoms with Gasteiger partial charge >= 0.3 is 5.97 Å². The summed E-state index contributed by atoms with van der Waals surface area (Å²) in [5, 5.41) is 9.10. The van der Waals surface area contributed by atoms with Crippen LogP contribution in [0.15, 0.2) is 18.2 Å². The normalized spacial score (nSPS) is 15.9. The highest BCUT2D eigenvalue weighted by molar-refractivity contribution is 5.95. The van der Waals surface area contributed by atoms with Crippen LogP contribution in [0.2, 0.25) is 0 Å². The highest BCUT2D eigenvalue weighted by Crippen LogP contribution is 2.30. The average Bonchev–Trinajstić information content (AvgIpc) is 2.18. The van der Waals surface area contributed by atoms with Gasteiger partial charge in [0.05, 0.1) is 11.3 Å². The number of benzene rings is 1. The van der Waals surface area contributed by atoms with Crippen molar-refractivity contribution in [3.05, 3.63) is 23.8 Å². The summed E-state index contributed by atoms with van der Waals surface area (Å²) in [5.74, 6) is -0.221. The molecule has 0 spiro atoms. The summed E-state index contributed by atoms with van der Waals surface area (Å²) in [5.41, 5.74) is 7.17. The van der Waals surface area contributed by atoms with E-state index in [1.807, 2.05) is 0 Å². The van der Waals surface area contributed by atoms with Gasteiger partial charge in [0.15, 0.2) is 0 Å². The third-order valence-corrected chi connectivity index (χ3v) is 3.13. The van der Waals surface area contributed by atoms with Gasteiger partial charge in [0.25, 0.3) is 0 Å². The van der Waals surface area contributed by atoms with Crippen LogP contribution in [0.4, 0.5) is 11.4 Å². The summed E-state index contributed by atoms with van der Waals surface area (Å²) in [6, 6.07) is 5.07. The molecule has 1 aliphatic rings. The van der Waals surface area contributed by atoms with Crippen molar-refractivity contribution in [3.63, 3.8) is 0 Å². The molecule has 1 aromatic rings. The Balaban J connectivity index is 2.24. The molecule has 3 N–H and O–H groups in total. The summed E-state index contributed by atoms with van der Waals surface area (Å²) in [4.78, 5) is 13.2. The molecule has 0 aromatic heterocycles. The van der Waals surface area contributed by atoms with Crippen molar-refractivity contribution in [2.45, 2.75) is 13.3 Å². The number of anilines is 2. The van der Waals surface area contributed by atoms with Crippen LogP contribution in [0.3, 0.4) is 0 Å². The lowest BCUT2D eigenvalue weighted by molar-refractivity contribution is 0.0697. The van der Waals surface area contributed by atoms with Crippen molar-refractivity contribution in [1.82, 2.24) is 0 Å². The van der Waals surface area contributed by atoms with Crippen LogP contribution >= 0.6 is 0 Å². The summed E-state index contributed by atoms with van der Waals surface area (Å²) >= 11 is 0. The highest BCUT2D eigenvalue weighted by atomic mass is 16.4. The van der Waals surface area contributed by atoms with Gasteiger partial charge in [0, 0.05) is 18.8 Å². The first-order valence-corrected chi connectivity index (χ1v) is 5.49. The van der Waals surface area contributed by atoms with Gasteiger partial charge in [-0.15, -0.1) is 0 Å². The van der Waals surface area contributed by atoms with E-state index in [2.05, 4.69) is 11.8 Å². The Hall–Kier alpha value is -1.71. The van der Waals surface area contributed by atoms with E-state index in [4.69, 9.17) is 10.8 Å². The van der Waals surface area contributed by atoms with Crippen LogP contribution in [0.25, 0.3) is 0 Å². The van der Waals surface area contributed by atoms with E-state index in [1.165, 1.54) is 6.07 Å². The second-order valence-electron chi connectivity index (χ2n) is 4.26. The zero-order valence-corrected chi connectivity index (χ0v) is 9.31. The van der Waals surface area contributed by atoms with Crippen LogP contribution < -0.4 is 10.6 Å². The average molecular weight is 220 g/mol. The molecule has 16 heavy (non-hydrogen) atoms. The molecule has 0 bridgehead atoms. The minimum Gasteiger partial charge on any atom is -0.478 e. The maximum Gasteiger partial charge on any atom is 0.337 e. The molecule has 0 atom stereocenters. The van der Waals surface area contributed by atoms with Crippen molar-refractivity contribution < 1.29 is 9.90 Å². The molecule has 1 fully saturated rings. The number of hydrogen-bond donors (Lipinski definition) is 2. The smallest absolute Gasteiger partial charge is 0.337 e. The molecule has 0 radical (unpaired) electrons. The summed E-state index contributed by atoms with van der Waals surface area (Å²) in [6.45, 7) is 4.05. The van der Waals surface area contributed by atoms with Crippen molar-refractivity contribution in [2.24, 2.45) is 5.92 Å². The number of rotatable bonds is 3. The lowest BCUT2D eigenvalue weighted by Gasteiger charge is -2.41. The molecule has 0 amide bonds. The molecule has 1 heterocycles. The Kier molecular flexibility index (Phi) is 2.73. The van der Waals surface area contributed by atoms with Crippen molar-refractivity contribution in [3.8, 4) is 0 Å². The van der Waals surface area contributed by atoms with E-state index >= 15 is 0 Å². The number of nitrogens with two attached hydrogens (primary N) is 1. The lowest BCUT2D eigenvalue weighted by atomic mass is 9.95. The van der Waals surface area contributed by atoms with Crippen LogP contribution in [0.1, 0.15) is 23.7 Å². The third kappa shape index (κ3) is 1.83. The summed E-state index contributed by atoms with van der Waals surface area (Å²) in [7, 11) is 0. The van der Waals surface area contributed by atoms with Gasteiger partial charge in [-0.2, -0.15) is 0 Å². The number of nitrogens with zero attached hydrogens (tertiary/aromatic N) is 1. The molecular weight excluding hydrogens is 204 g/mol. The molecule has 4 heteroatoms. The predicted octanol–water partition coefficient (Wildman–Crippen LogP) is 1.81. The largest absolute Gasteiger partial charge is 0.478 e. The fourth-order valence-corrected chi connectivity index (χ4v) is 2.03. The highest BCUT2D eigenvalue weighted by Gasteiger charge is 2.28. The SMILES string of the molecule is CCC1CN(c2ccc(N)cc2C(=O)O)C1. The second kappa shape index (κ2) is 4.04. The fraction of sp³-hybridized carbons (Fsp3) is 0.417. The second-order valence-corrected chi connectivity index (χ2v) is 4.26. The van der Waals surface area contributed by atoms with Crippen molar-refractivity contribution in [2.75, 3.05) is 23.7 Å². The zero-order chi connectivity index (χ0) is 11.7. The minimum absolute atomic E-state index is 0.301. The molecule has 1 aliphatic heterocycles. The number of aromatic carboxylic acids is 1. The van der Waals surface area contributed by atoms with Gasteiger partial charge in [-0.25, -0.2) is 4.79 Å². The van der Waals surface area contributed by atoms with E-state index in [9.17, 15) is 4.79 Å². The fourth-order valence-electron chi connectivity index (χ4n) is 2.03. The first-order valence-electron chi connectivity index (χ1n) is 5.49. The number of carboxylic acids is 1. The van der Waals surface area contributed by atoms with E-state index in [0.29, 0.717) is 17.2 Å². The van der Waals surface area contributed by atoms with Crippen molar-refractivity contribution in [1.29, 1.82) is 0 Å². The van der Waals surface area contributed by atoms with Crippen LogP contribution in [-0.2, 0) is 0 Å². The van der Waals surface area contributed by atoms with E-state index in [0.717, 1.165) is 25.2 Å². The van der Waals surface area contributed by atoms with Crippen LogP contribution in [0, 0.1) is 5.92 Å². The zero-order valence-electron chi connectivity index (χ0n) is 9.31. The molecule has 0 aliphatic carbocycles. The van der Waals surface area contributed by atoms with Crippen LogP contribution in [0.5, 0.6) is 0 Å². The van der Waals surface area contributed by atoms with Gasteiger partial charge in [-0.05, 0) is 30.5 Å². The molecule has 0 saturated carbocycles. The number of carbonyl (C=O) groups is 1. The van der Waals surface area contributed by atoms with Gasteiger partial charge in [0.2, 0.25) is 0 Å². The van der Waals surface area contributed by atoms with Gasteiger partial charge in [-0.1, -0.05) is 6.92 Å².